The molecular formula is C9H13F2N3O2. The summed E-state index contributed by atoms with van der Waals surface area (Å²) in [5, 5.41) is 14.9. The van der Waals surface area contributed by atoms with E-state index in [1.165, 1.54) is 6.20 Å². The zero-order valence-electron chi connectivity index (χ0n) is 8.57. The molecule has 0 aliphatic heterocycles. The van der Waals surface area contributed by atoms with Crippen LogP contribution < -0.4 is 0 Å². The highest BCUT2D eigenvalue weighted by Crippen LogP contribution is 2.03. The molecule has 0 atom stereocenters. The third-order valence-corrected chi connectivity index (χ3v) is 1.98. The van der Waals surface area contributed by atoms with Gasteiger partial charge in [-0.15, -0.1) is 0 Å². The van der Waals surface area contributed by atoms with Gasteiger partial charge in [0.05, 0.1) is 19.6 Å². The first-order valence-corrected chi connectivity index (χ1v) is 4.78. The molecule has 1 aromatic rings. The van der Waals surface area contributed by atoms with Gasteiger partial charge in [0.1, 0.15) is 0 Å². The fraction of sp³-hybridized carbons (Fsp3) is 0.556. The number of rotatable bonds is 6. The van der Waals surface area contributed by atoms with Gasteiger partial charge in [0, 0.05) is 18.4 Å². The summed E-state index contributed by atoms with van der Waals surface area (Å²) in [6.07, 6.45) is -1.14. The first-order chi connectivity index (χ1) is 7.63. The molecule has 1 amide bonds. The Morgan fingerprint density at radius 2 is 2.38 bits per heavy atom. The van der Waals surface area contributed by atoms with Gasteiger partial charge >= 0.3 is 0 Å². The van der Waals surface area contributed by atoms with Gasteiger partial charge in [0.15, 0.2) is 0 Å². The van der Waals surface area contributed by atoms with E-state index in [0.717, 1.165) is 4.90 Å². The molecule has 0 bridgehead atoms. The number of aromatic amines is 1. The van der Waals surface area contributed by atoms with Crippen LogP contribution in [-0.2, 0) is 11.2 Å². The molecule has 90 valence electrons. The zero-order chi connectivity index (χ0) is 12.0. The summed E-state index contributed by atoms with van der Waals surface area (Å²) in [6, 6.07) is 1.59. The molecule has 1 aromatic heterocycles. The number of hydrogen-bond acceptors (Lipinski definition) is 3. The average Bonchev–Trinajstić information content (AvgIpc) is 2.69. The smallest absolute Gasteiger partial charge is 0.255 e. The van der Waals surface area contributed by atoms with Crippen molar-refractivity contribution in [3.63, 3.8) is 0 Å². The number of nitrogens with zero attached hydrogens (tertiary/aromatic N) is 2. The Morgan fingerprint density at radius 3 is 2.88 bits per heavy atom. The summed E-state index contributed by atoms with van der Waals surface area (Å²) in [6.45, 7) is -1.08. The van der Waals surface area contributed by atoms with Crippen molar-refractivity contribution in [3.05, 3.63) is 18.0 Å². The van der Waals surface area contributed by atoms with Crippen molar-refractivity contribution >= 4 is 5.91 Å². The predicted molar refractivity (Wildman–Crippen MR) is 52.0 cm³/mol. The average molecular weight is 233 g/mol. The van der Waals surface area contributed by atoms with E-state index >= 15 is 0 Å². The second-order valence-corrected chi connectivity index (χ2v) is 3.21. The van der Waals surface area contributed by atoms with Crippen LogP contribution in [-0.4, -0.2) is 52.2 Å². The molecule has 0 aliphatic carbocycles. The standard InChI is InChI=1S/C9H13F2N3O2/c10-8(11)6-14(3-4-15)9(16)5-7-1-2-12-13-7/h1-2,8,15H,3-6H2,(H,12,13). The topological polar surface area (TPSA) is 69.2 Å². The normalized spacial score (nSPS) is 10.8. The van der Waals surface area contributed by atoms with E-state index < -0.39 is 18.9 Å². The fourth-order valence-electron chi connectivity index (χ4n) is 1.26. The van der Waals surface area contributed by atoms with Crippen LogP contribution in [0.25, 0.3) is 0 Å². The van der Waals surface area contributed by atoms with Crippen molar-refractivity contribution in [2.75, 3.05) is 19.7 Å². The van der Waals surface area contributed by atoms with Gasteiger partial charge in [-0.05, 0) is 6.07 Å². The number of nitrogens with one attached hydrogen (secondary N) is 1. The minimum Gasteiger partial charge on any atom is -0.395 e. The van der Waals surface area contributed by atoms with E-state index in [4.69, 9.17) is 5.11 Å². The minimum absolute atomic E-state index is 0.0211. The number of aliphatic hydroxyl groups excluding tert-OH is 1. The summed E-state index contributed by atoms with van der Waals surface area (Å²) in [5.41, 5.74) is 0.558. The van der Waals surface area contributed by atoms with Crippen LogP contribution in [0.5, 0.6) is 0 Å². The third-order valence-electron chi connectivity index (χ3n) is 1.98. The highest BCUT2D eigenvalue weighted by atomic mass is 19.3. The number of halogens is 2. The lowest BCUT2D eigenvalue weighted by Crippen LogP contribution is -2.38. The third kappa shape index (κ3) is 3.93. The quantitative estimate of drug-likeness (QED) is 0.728. The summed E-state index contributed by atoms with van der Waals surface area (Å²) in [7, 11) is 0. The molecule has 0 aromatic carbocycles. The Kier molecular flexibility index (Phi) is 4.84. The van der Waals surface area contributed by atoms with Gasteiger partial charge in [0.2, 0.25) is 5.91 Å². The lowest BCUT2D eigenvalue weighted by Gasteiger charge is -2.20. The number of amides is 1. The van der Waals surface area contributed by atoms with E-state index in [0.29, 0.717) is 5.69 Å². The molecule has 0 saturated carbocycles. The van der Waals surface area contributed by atoms with Gasteiger partial charge < -0.3 is 10.0 Å². The number of aliphatic hydroxyl groups is 1. The van der Waals surface area contributed by atoms with Crippen LogP contribution in [0.2, 0.25) is 0 Å². The number of hydrogen-bond donors (Lipinski definition) is 2. The summed E-state index contributed by atoms with van der Waals surface area (Å²) >= 11 is 0. The molecule has 7 heteroatoms. The van der Waals surface area contributed by atoms with Crippen LogP contribution in [0.1, 0.15) is 5.69 Å². The number of carbonyl (C=O) groups is 1. The van der Waals surface area contributed by atoms with E-state index in [2.05, 4.69) is 10.2 Å². The van der Waals surface area contributed by atoms with E-state index in [-0.39, 0.29) is 19.6 Å². The molecular weight excluding hydrogens is 220 g/mol. The van der Waals surface area contributed by atoms with Crippen LogP contribution in [0.15, 0.2) is 12.3 Å². The van der Waals surface area contributed by atoms with Gasteiger partial charge in [-0.1, -0.05) is 0 Å². The summed E-state index contributed by atoms with van der Waals surface area (Å²) in [5.74, 6) is -0.460. The van der Waals surface area contributed by atoms with Gasteiger partial charge in [0.25, 0.3) is 6.43 Å². The molecule has 1 heterocycles. The van der Waals surface area contributed by atoms with E-state index in [1.54, 1.807) is 6.07 Å². The summed E-state index contributed by atoms with van der Waals surface area (Å²) in [4.78, 5) is 12.5. The Morgan fingerprint density at radius 1 is 1.62 bits per heavy atom. The maximum Gasteiger partial charge on any atom is 0.255 e. The van der Waals surface area contributed by atoms with Crippen molar-refractivity contribution in [1.29, 1.82) is 0 Å². The lowest BCUT2D eigenvalue weighted by molar-refractivity contribution is -0.133. The molecule has 0 radical (unpaired) electrons. The first-order valence-electron chi connectivity index (χ1n) is 4.78. The monoisotopic (exact) mass is 233 g/mol. The molecule has 0 unspecified atom stereocenters. The van der Waals surface area contributed by atoms with Crippen molar-refractivity contribution in [2.24, 2.45) is 0 Å². The Labute approximate surface area is 91.1 Å². The predicted octanol–water partition coefficient (Wildman–Crippen LogP) is 0.0382. The van der Waals surface area contributed by atoms with Crippen LogP contribution in [0, 0.1) is 0 Å². The van der Waals surface area contributed by atoms with E-state index in [1.807, 2.05) is 0 Å². The highest BCUT2D eigenvalue weighted by molar-refractivity contribution is 5.78. The Hall–Kier alpha value is -1.50. The molecule has 0 spiro atoms. The SMILES string of the molecule is O=C(Cc1ccn[nH]1)N(CCO)CC(F)F. The summed E-state index contributed by atoms with van der Waals surface area (Å²) < 4.78 is 24.3. The van der Waals surface area contributed by atoms with Crippen LogP contribution in [0.4, 0.5) is 8.78 Å². The largest absolute Gasteiger partial charge is 0.395 e. The zero-order valence-corrected chi connectivity index (χ0v) is 8.57. The second kappa shape index (κ2) is 6.16. The number of H-pyrrole nitrogens is 1. The molecule has 1 rings (SSSR count). The van der Waals surface area contributed by atoms with Gasteiger partial charge in [-0.3, -0.25) is 9.89 Å². The highest BCUT2D eigenvalue weighted by Gasteiger charge is 2.18. The Balaban J connectivity index is 2.53. The molecule has 16 heavy (non-hydrogen) atoms. The fourth-order valence-corrected chi connectivity index (χ4v) is 1.26. The Bertz CT molecular complexity index is 317. The van der Waals surface area contributed by atoms with Gasteiger partial charge in [-0.25, -0.2) is 8.78 Å². The number of carbonyl (C=O) groups excluding carboxylic acids is 1. The lowest BCUT2D eigenvalue weighted by atomic mass is 10.2. The van der Waals surface area contributed by atoms with Crippen LogP contribution >= 0.6 is 0 Å². The first kappa shape index (κ1) is 12.6. The van der Waals surface area contributed by atoms with Crippen LogP contribution in [0.3, 0.4) is 0 Å². The van der Waals surface area contributed by atoms with Crippen molar-refractivity contribution in [2.45, 2.75) is 12.8 Å². The van der Waals surface area contributed by atoms with Crippen molar-refractivity contribution in [1.82, 2.24) is 15.1 Å². The molecule has 2 N–H and O–H groups in total. The number of alkyl halides is 2. The minimum atomic E-state index is -2.60. The molecule has 0 aliphatic rings. The maximum atomic E-state index is 12.2. The maximum absolute atomic E-state index is 12.2. The van der Waals surface area contributed by atoms with E-state index in [9.17, 15) is 13.6 Å². The molecule has 0 saturated heterocycles. The van der Waals surface area contributed by atoms with Gasteiger partial charge in [-0.2, -0.15) is 5.10 Å². The molecule has 5 nitrogen and oxygen atoms in total. The number of aromatic nitrogens is 2. The van der Waals surface area contributed by atoms with Crippen molar-refractivity contribution < 1.29 is 18.7 Å². The second-order valence-electron chi connectivity index (χ2n) is 3.21. The molecule has 0 fully saturated rings. The van der Waals surface area contributed by atoms with Crippen molar-refractivity contribution in [3.8, 4) is 0 Å².